The number of aliphatic imine (C=N–C) groups is 1. The van der Waals surface area contributed by atoms with Crippen LogP contribution in [-0.2, 0) is 6.42 Å². The summed E-state index contributed by atoms with van der Waals surface area (Å²) in [5.41, 5.74) is 9.49. The Morgan fingerprint density at radius 1 is 1.53 bits per heavy atom. The van der Waals surface area contributed by atoms with Crippen LogP contribution in [0.4, 0.5) is 5.69 Å². The van der Waals surface area contributed by atoms with E-state index < -0.39 is 0 Å². The fourth-order valence-electron chi connectivity index (χ4n) is 1.25. The molecule has 1 aromatic carbocycles. The summed E-state index contributed by atoms with van der Waals surface area (Å²) >= 11 is 6.07. The van der Waals surface area contributed by atoms with Gasteiger partial charge in [0.05, 0.1) is 5.69 Å². The number of aryl methyl sites for hydroxylation is 1. The van der Waals surface area contributed by atoms with Gasteiger partial charge in [-0.15, -0.1) is 0 Å². The molecule has 0 aromatic heterocycles. The number of hydrogen-bond acceptors (Lipinski definition) is 2. The number of benzene rings is 1. The third-order valence-electron chi connectivity index (χ3n) is 1.95. The highest BCUT2D eigenvalue weighted by atomic mass is 35.5. The Hall–Kier alpha value is -1.26. The Morgan fingerprint density at radius 2 is 2.27 bits per heavy atom. The first-order valence-electron chi connectivity index (χ1n) is 4.76. The molecule has 0 bridgehead atoms. The molecule has 0 radical (unpaired) electrons. The normalized spacial score (nSPS) is 11.5. The van der Waals surface area contributed by atoms with Crippen molar-refractivity contribution in [3.63, 3.8) is 0 Å². The summed E-state index contributed by atoms with van der Waals surface area (Å²) in [6.07, 6.45) is 2.03. The lowest BCUT2D eigenvalue weighted by atomic mass is 10.1. The summed E-state index contributed by atoms with van der Waals surface area (Å²) in [7, 11) is 0. The fourth-order valence-corrected chi connectivity index (χ4v) is 1.52. The van der Waals surface area contributed by atoms with Crippen molar-refractivity contribution < 1.29 is 0 Å². The molecule has 0 heterocycles. The molecule has 1 aromatic rings. The van der Waals surface area contributed by atoms with E-state index in [9.17, 15) is 0 Å². The average Bonchev–Trinajstić information content (AvgIpc) is 2.22. The van der Waals surface area contributed by atoms with E-state index in [1.54, 1.807) is 6.07 Å². The van der Waals surface area contributed by atoms with E-state index >= 15 is 0 Å². The summed E-state index contributed by atoms with van der Waals surface area (Å²) in [5.74, 6) is 5.26. The van der Waals surface area contributed by atoms with Crippen LogP contribution in [0.5, 0.6) is 0 Å². The lowest BCUT2D eigenvalue weighted by Crippen LogP contribution is -2.36. The number of hydrazine groups is 1. The van der Waals surface area contributed by atoms with Crippen molar-refractivity contribution in [2.24, 2.45) is 16.6 Å². The van der Waals surface area contributed by atoms with Gasteiger partial charge in [0, 0.05) is 5.02 Å². The van der Waals surface area contributed by atoms with E-state index in [-0.39, 0.29) is 5.96 Å². The number of nitrogens with zero attached hydrogens (tertiary/aromatic N) is 1. The van der Waals surface area contributed by atoms with Crippen molar-refractivity contribution in [3.8, 4) is 0 Å². The highest BCUT2D eigenvalue weighted by Gasteiger charge is 2.00. The summed E-state index contributed by atoms with van der Waals surface area (Å²) in [5, 5.41) is 0.711. The van der Waals surface area contributed by atoms with Gasteiger partial charge in [-0.3, -0.25) is 5.43 Å². The number of halogens is 1. The predicted molar refractivity (Wildman–Crippen MR) is 64.1 cm³/mol. The molecule has 4 nitrogen and oxygen atoms in total. The van der Waals surface area contributed by atoms with Crippen molar-refractivity contribution in [3.05, 3.63) is 28.8 Å². The molecule has 0 atom stereocenters. The maximum atomic E-state index is 6.07. The third-order valence-corrected chi connectivity index (χ3v) is 2.31. The molecule has 0 aliphatic heterocycles. The number of nitrogens with two attached hydrogens (primary N) is 2. The maximum absolute atomic E-state index is 6.07. The van der Waals surface area contributed by atoms with E-state index in [1.807, 2.05) is 12.1 Å². The Bertz CT molecular complexity index is 362. The van der Waals surface area contributed by atoms with E-state index in [0.717, 1.165) is 18.4 Å². The Kier molecular flexibility index (Phi) is 4.39. The number of rotatable bonds is 3. The van der Waals surface area contributed by atoms with Crippen molar-refractivity contribution in [2.45, 2.75) is 19.8 Å². The topological polar surface area (TPSA) is 76.4 Å². The van der Waals surface area contributed by atoms with Crippen LogP contribution in [0.25, 0.3) is 0 Å². The molecule has 0 fully saturated rings. The quantitative estimate of drug-likeness (QED) is 0.318. The van der Waals surface area contributed by atoms with Gasteiger partial charge in [0.1, 0.15) is 0 Å². The van der Waals surface area contributed by atoms with Crippen molar-refractivity contribution in [2.75, 3.05) is 0 Å². The Morgan fingerprint density at radius 3 is 2.80 bits per heavy atom. The molecule has 0 unspecified atom stereocenters. The number of guanidine groups is 1. The van der Waals surface area contributed by atoms with Crippen LogP contribution >= 0.6 is 11.6 Å². The van der Waals surface area contributed by atoms with Gasteiger partial charge in [0.2, 0.25) is 5.96 Å². The van der Waals surface area contributed by atoms with Crippen LogP contribution in [0.3, 0.4) is 0 Å². The van der Waals surface area contributed by atoms with Crippen molar-refractivity contribution in [1.29, 1.82) is 0 Å². The lowest BCUT2D eigenvalue weighted by Gasteiger charge is -2.04. The highest BCUT2D eigenvalue weighted by molar-refractivity contribution is 6.31. The first-order chi connectivity index (χ1) is 7.17. The smallest absolute Gasteiger partial charge is 0.208 e. The minimum Gasteiger partial charge on any atom is -0.369 e. The molecule has 0 aliphatic carbocycles. The second-order valence-corrected chi connectivity index (χ2v) is 3.57. The van der Waals surface area contributed by atoms with Crippen molar-refractivity contribution >= 4 is 23.2 Å². The molecule has 5 N–H and O–H groups in total. The lowest BCUT2D eigenvalue weighted by molar-refractivity contribution is 0.922. The maximum Gasteiger partial charge on any atom is 0.208 e. The molecule has 0 amide bonds. The fraction of sp³-hybridized carbons (Fsp3) is 0.300. The Balaban J connectivity index is 2.91. The first kappa shape index (κ1) is 11.8. The van der Waals surface area contributed by atoms with E-state index in [4.69, 9.17) is 23.2 Å². The molecular weight excluding hydrogens is 212 g/mol. The predicted octanol–water partition coefficient (Wildman–Crippen LogP) is 1.70. The number of hydrogen-bond donors (Lipinski definition) is 3. The van der Waals surface area contributed by atoms with E-state index in [1.165, 1.54) is 0 Å². The van der Waals surface area contributed by atoms with Gasteiger partial charge in [0.15, 0.2) is 0 Å². The SMILES string of the molecule is CCCc1ccc(/N=C(/N)NN)cc1Cl. The van der Waals surface area contributed by atoms with Gasteiger partial charge in [0.25, 0.3) is 0 Å². The standard InChI is InChI=1S/C10H15ClN4/c1-2-3-7-4-5-8(6-9(7)11)14-10(12)15-13/h4-6H,2-3,13H2,1H3,(H3,12,14,15). The zero-order valence-electron chi connectivity index (χ0n) is 8.63. The van der Waals surface area contributed by atoms with Crippen LogP contribution in [-0.4, -0.2) is 5.96 Å². The first-order valence-corrected chi connectivity index (χ1v) is 5.14. The van der Waals surface area contributed by atoms with Gasteiger partial charge < -0.3 is 5.73 Å². The van der Waals surface area contributed by atoms with Crippen LogP contribution in [0.15, 0.2) is 23.2 Å². The minimum absolute atomic E-state index is 0.161. The van der Waals surface area contributed by atoms with Gasteiger partial charge in [-0.25, -0.2) is 10.8 Å². The summed E-state index contributed by atoms with van der Waals surface area (Å²) in [6, 6.07) is 5.59. The van der Waals surface area contributed by atoms with Gasteiger partial charge in [-0.05, 0) is 24.1 Å². The molecule has 1 rings (SSSR count). The zero-order valence-corrected chi connectivity index (χ0v) is 9.38. The van der Waals surface area contributed by atoms with Gasteiger partial charge in [-0.2, -0.15) is 0 Å². The summed E-state index contributed by atoms with van der Waals surface area (Å²) in [6.45, 7) is 2.11. The summed E-state index contributed by atoms with van der Waals surface area (Å²) in [4.78, 5) is 4.01. The molecule has 0 saturated heterocycles. The second-order valence-electron chi connectivity index (χ2n) is 3.17. The summed E-state index contributed by atoms with van der Waals surface area (Å²) < 4.78 is 0. The van der Waals surface area contributed by atoms with E-state index in [0.29, 0.717) is 10.7 Å². The van der Waals surface area contributed by atoms with Crippen LogP contribution < -0.4 is 17.0 Å². The van der Waals surface area contributed by atoms with Gasteiger partial charge >= 0.3 is 0 Å². The zero-order chi connectivity index (χ0) is 11.3. The second kappa shape index (κ2) is 5.58. The van der Waals surface area contributed by atoms with E-state index in [2.05, 4.69) is 17.3 Å². The largest absolute Gasteiger partial charge is 0.369 e. The monoisotopic (exact) mass is 226 g/mol. The van der Waals surface area contributed by atoms with Crippen LogP contribution in [0, 0.1) is 0 Å². The third kappa shape index (κ3) is 3.42. The van der Waals surface area contributed by atoms with Gasteiger partial charge in [-0.1, -0.05) is 31.0 Å². The molecule has 0 spiro atoms. The van der Waals surface area contributed by atoms with Crippen molar-refractivity contribution in [1.82, 2.24) is 5.43 Å². The molecular formula is C10H15ClN4. The van der Waals surface area contributed by atoms with Crippen LogP contribution in [0.2, 0.25) is 5.02 Å². The molecule has 0 aliphatic rings. The molecule has 15 heavy (non-hydrogen) atoms. The average molecular weight is 227 g/mol. The minimum atomic E-state index is 0.161. The molecule has 0 saturated carbocycles. The molecule has 82 valence electrons. The number of nitrogens with one attached hydrogen (secondary N) is 1. The Labute approximate surface area is 94.3 Å². The van der Waals surface area contributed by atoms with Crippen LogP contribution in [0.1, 0.15) is 18.9 Å². The molecule has 5 heteroatoms. The highest BCUT2D eigenvalue weighted by Crippen LogP contribution is 2.23.